The molecule has 0 spiro atoms. The average Bonchev–Trinajstić information content (AvgIpc) is 2.92. The zero-order valence-corrected chi connectivity index (χ0v) is 13.8. The number of carbonyl (C=O) groups excluding carboxylic acids is 1. The number of imidazole rings is 1. The molecule has 0 aliphatic carbocycles. The molecule has 0 radical (unpaired) electrons. The summed E-state index contributed by atoms with van der Waals surface area (Å²) in [5, 5.41) is 6.24. The predicted molar refractivity (Wildman–Crippen MR) is 95.5 cm³/mol. The van der Waals surface area contributed by atoms with Gasteiger partial charge in [-0.3, -0.25) is 10.1 Å². The van der Waals surface area contributed by atoms with Gasteiger partial charge in [0, 0.05) is 25.1 Å². The van der Waals surface area contributed by atoms with E-state index in [1.165, 1.54) is 0 Å². The van der Waals surface area contributed by atoms with Crippen molar-refractivity contribution < 1.29 is 9.53 Å². The number of nitrogens with one attached hydrogen (secondary N) is 3. The van der Waals surface area contributed by atoms with Crippen LogP contribution in [0.25, 0.3) is 11.0 Å². The maximum absolute atomic E-state index is 12.6. The van der Waals surface area contributed by atoms with Crippen LogP contribution >= 0.6 is 0 Å². The number of amides is 1. The van der Waals surface area contributed by atoms with Crippen LogP contribution in [0.5, 0.6) is 5.75 Å². The first-order valence-electron chi connectivity index (χ1n) is 8.48. The van der Waals surface area contributed by atoms with Crippen LogP contribution in [-0.2, 0) is 11.2 Å². The van der Waals surface area contributed by atoms with Crippen molar-refractivity contribution in [1.82, 2.24) is 20.6 Å². The van der Waals surface area contributed by atoms with Gasteiger partial charge in [-0.15, -0.1) is 0 Å². The van der Waals surface area contributed by atoms with Gasteiger partial charge >= 0.3 is 0 Å². The monoisotopic (exact) mass is 336 g/mol. The van der Waals surface area contributed by atoms with Gasteiger partial charge in [-0.25, -0.2) is 4.98 Å². The molecule has 1 atom stereocenters. The van der Waals surface area contributed by atoms with Crippen LogP contribution in [0.3, 0.4) is 0 Å². The maximum atomic E-state index is 12.6. The van der Waals surface area contributed by atoms with E-state index >= 15 is 0 Å². The normalized spacial score (nSPS) is 16.7. The van der Waals surface area contributed by atoms with Gasteiger partial charge in [-0.05, 0) is 18.2 Å². The van der Waals surface area contributed by atoms with Crippen molar-refractivity contribution in [1.29, 1.82) is 0 Å². The van der Waals surface area contributed by atoms with Crippen LogP contribution in [-0.4, -0.2) is 35.6 Å². The number of para-hydroxylation sites is 3. The van der Waals surface area contributed by atoms with Crippen LogP contribution < -0.4 is 15.4 Å². The minimum atomic E-state index is -0.394. The van der Waals surface area contributed by atoms with Gasteiger partial charge in [0.05, 0.1) is 11.0 Å². The molecule has 1 aromatic heterocycles. The van der Waals surface area contributed by atoms with Gasteiger partial charge in [-0.1, -0.05) is 30.3 Å². The third kappa shape index (κ3) is 3.34. The minimum Gasteiger partial charge on any atom is -0.492 e. The summed E-state index contributed by atoms with van der Waals surface area (Å²) >= 11 is 0. The summed E-state index contributed by atoms with van der Waals surface area (Å²) in [6.07, 6.45) is 0.658. The number of fused-ring (bicyclic) bond motifs is 2. The second-order valence-corrected chi connectivity index (χ2v) is 6.02. The largest absolute Gasteiger partial charge is 0.492 e. The molecule has 6 nitrogen and oxygen atoms in total. The molecule has 0 fully saturated rings. The summed E-state index contributed by atoms with van der Waals surface area (Å²) in [7, 11) is 0. The lowest BCUT2D eigenvalue weighted by Gasteiger charge is -2.17. The van der Waals surface area contributed by atoms with Crippen molar-refractivity contribution in [2.75, 3.05) is 19.7 Å². The number of aromatic nitrogens is 2. The molecule has 4 rings (SSSR count). The zero-order chi connectivity index (χ0) is 17.1. The Morgan fingerprint density at radius 3 is 2.96 bits per heavy atom. The Balaban J connectivity index is 1.40. The minimum absolute atomic E-state index is 0.0472. The third-order valence-corrected chi connectivity index (χ3v) is 4.30. The molecule has 2 aromatic carbocycles. The van der Waals surface area contributed by atoms with Gasteiger partial charge < -0.3 is 15.0 Å². The first-order chi connectivity index (χ1) is 12.3. The van der Waals surface area contributed by atoms with E-state index in [1.807, 2.05) is 48.5 Å². The molecule has 128 valence electrons. The van der Waals surface area contributed by atoms with Crippen LogP contribution in [0.4, 0.5) is 0 Å². The van der Waals surface area contributed by atoms with Crippen LogP contribution in [0.1, 0.15) is 17.4 Å². The molecule has 0 saturated heterocycles. The van der Waals surface area contributed by atoms with Crippen LogP contribution in [0.2, 0.25) is 0 Å². The van der Waals surface area contributed by atoms with Gasteiger partial charge in [-0.2, -0.15) is 0 Å². The fraction of sp³-hybridized carbons (Fsp3) is 0.263. The van der Waals surface area contributed by atoms with E-state index in [4.69, 9.17) is 4.74 Å². The molecule has 0 bridgehead atoms. The molecular formula is C19H20N4O2. The highest BCUT2D eigenvalue weighted by Gasteiger charge is 2.25. The fourth-order valence-corrected chi connectivity index (χ4v) is 3.09. The molecule has 3 aromatic rings. The first kappa shape index (κ1) is 15.7. The van der Waals surface area contributed by atoms with Crippen LogP contribution in [0, 0.1) is 0 Å². The Bertz CT molecular complexity index is 857. The van der Waals surface area contributed by atoms with E-state index in [1.54, 1.807) is 0 Å². The molecule has 1 unspecified atom stereocenters. The second-order valence-electron chi connectivity index (χ2n) is 6.02. The number of rotatable bonds is 4. The second kappa shape index (κ2) is 6.94. The average molecular weight is 336 g/mol. The first-order valence-corrected chi connectivity index (χ1v) is 8.48. The van der Waals surface area contributed by atoms with Crippen molar-refractivity contribution in [2.45, 2.75) is 12.5 Å². The Morgan fingerprint density at radius 1 is 1.20 bits per heavy atom. The van der Waals surface area contributed by atoms with Gasteiger partial charge in [0.25, 0.3) is 0 Å². The Hall–Kier alpha value is -2.86. The number of hydrogen-bond acceptors (Lipinski definition) is 4. The number of hydrogen-bond donors (Lipinski definition) is 3. The number of carbonyl (C=O) groups is 1. The van der Waals surface area contributed by atoms with Crippen molar-refractivity contribution in [3.05, 3.63) is 59.9 Å². The Morgan fingerprint density at radius 2 is 2.04 bits per heavy atom. The highest BCUT2D eigenvalue weighted by molar-refractivity contribution is 5.84. The molecule has 0 saturated carbocycles. The van der Waals surface area contributed by atoms with E-state index in [2.05, 4.69) is 20.6 Å². The highest BCUT2D eigenvalue weighted by Crippen LogP contribution is 2.26. The SMILES string of the molecule is O=C(NCCc1nc2ccccc2[nH]1)C1NCCOc2ccccc21. The standard InChI is InChI=1S/C19H20N4O2/c24-19(18-13-5-1-4-8-16(13)25-12-11-20-18)21-10-9-17-22-14-6-2-3-7-15(14)23-17/h1-8,18,20H,9-12H2,(H,21,24)(H,22,23). The van der Waals surface area contributed by atoms with Crippen molar-refractivity contribution >= 4 is 16.9 Å². The van der Waals surface area contributed by atoms with Crippen LogP contribution in [0.15, 0.2) is 48.5 Å². The van der Waals surface area contributed by atoms with Gasteiger partial charge in [0.1, 0.15) is 24.2 Å². The van der Waals surface area contributed by atoms with E-state index in [0.717, 1.165) is 28.2 Å². The molecule has 1 aliphatic rings. The zero-order valence-electron chi connectivity index (χ0n) is 13.8. The fourth-order valence-electron chi connectivity index (χ4n) is 3.09. The number of nitrogens with zero attached hydrogens (tertiary/aromatic N) is 1. The lowest BCUT2D eigenvalue weighted by Crippen LogP contribution is -2.38. The lowest BCUT2D eigenvalue weighted by atomic mass is 10.1. The molecule has 6 heteroatoms. The summed E-state index contributed by atoms with van der Waals surface area (Å²) in [6.45, 7) is 1.72. The van der Waals surface area contributed by atoms with Gasteiger partial charge in [0.15, 0.2) is 0 Å². The van der Waals surface area contributed by atoms with Crippen molar-refractivity contribution in [3.63, 3.8) is 0 Å². The summed E-state index contributed by atoms with van der Waals surface area (Å²) < 4.78 is 5.68. The quantitative estimate of drug-likeness (QED) is 0.680. The molecule has 2 heterocycles. The predicted octanol–water partition coefficient (Wildman–Crippen LogP) is 1.94. The number of ether oxygens (including phenoxy) is 1. The molecule has 1 amide bonds. The molecule has 1 aliphatic heterocycles. The van der Waals surface area contributed by atoms with E-state index in [9.17, 15) is 4.79 Å². The van der Waals surface area contributed by atoms with E-state index in [-0.39, 0.29) is 5.91 Å². The topological polar surface area (TPSA) is 79.0 Å². The Kier molecular flexibility index (Phi) is 4.35. The summed E-state index contributed by atoms with van der Waals surface area (Å²) in [5.74, 6) is 1.60. The number of benzene rings is 2. The maximum Gasteiger partial charge on any atom is 0.241 e. The van der Waals surface area contributed by atoms with E-state index in [0.29, 0.717) is 26.1 Å². The lowest BCUT2D eigenvalue weighted by molar-refractivity contribution is -0.123. The Labute approximate surface area is 145 Å². The summed E-state index contributed by atoms with van der Waals surface area (Å²) in [5.41, 5.74) is 2.84. The molecule has 3 N–H and O–H groups in total. The molecule has 25 heavy (non-hydrogen) atoms. The van der Waals surface area contributed by atoms with Crippen molar-refractivity contribution in [3.8, 4) is 5.75 Å². The summed E-state index contributed by atoms with van der Waals surface area (Å²) in [4.78, 5) is 20.4. The number of H-pyrrole nitrogens is 1. The van der Waals surface area contributed by atoms with Gasteiger partial charge in [0.2, 0.25) is 5.91 Å². The third-order valence-electron chi connectivity index (χ3n) is 4.30. The highest BCUT2D eigenvalue weighted by atomic mass is 16.5. The van der Waals surface area contributed by atoms with E-state index < -0.39 is 6.04 Å². The smallest absolute Gasteiger partial charge is 0.241 e. The number of aromatic amines is 1. The summed E-state index contributed by atoms with van der Waals surface area (Å²) in [6, 6.07) is 15.2. The molecular weight excluding hydrogens is 316 g/mol. The van der Waals surface area contributed by atoms with Crippen molar-refractivity contribution in [2.24, 2.45) is 0 Å².